The zero-order valence-electron chi connectivity index (χ0n) is 20.4. The Morgan fingerprint density at radius 3 is 2.68 bits per heavy atom. The molecule has 2 aliphatic rings. The first kappa shape index (κ1) is 25.0. The maximum atomic E-state index is 14.4. The molecule has 2 saturated heterocycles. The number of ether oxygens (including phenoxy) is 1. The summed E-state index contributed by atoms with van der Waals surface area (Å²) in [6.07, 6.45) is 2.84. The van der Waals surface area contributed by atoms with Crippen LogP contribution in [-0.2, 0) is 6.54 Å². The molecule has 1 aromatic heterocycles. The van der Waals surface area contributed by atoms with Gasteiger partial charge in [-0.05, 0) is 58.2 Å². The van der Waals surface area contributed by atoms with Crippen LogP contribution in [0.3, 0.4) is 0 Å². The number of phenols is 1. The van der Waals surface area contributed by atoms with Crippen molar-refractivity contribution in [3.63, 3.8) is 0 Å². The third-order valence-electron chi connectivity index (χ3n) is 6.79. The van der Waals surface area contributed by atoms with Crippen molar-refractivity contribution in [1.82, 2.24) is 14.2 Å². The van der Waals surface area contributed by atoms with Crippen molar-refractivity contribution < 1.29 is 23.3 Å². The van der Waals surface area contributed by atoms with Crippen LogP contribution < -0.4 is 9.04 Å². The Morgan fingerprint density at radius 1 is 1.29 bits per heavy atom. The van der Waals surface area contributed by atoms with Crippen molar-refractivity contribution in [1.29, 1.82) is 0 Å². The van der Waals surface area contributed by atoms with Crippen LogP contribution in [-0.4, -0.2) is 66.2 Å². The number of pyridine rings is 1. The van der Waals surface area contributed by atoms with Crippen LogP contribution >= 0.6 is 11.0 Å². The Kier molecular flexibility index (Phi) is 6.73. The van der Waals surface area contributed by atoms with E-state index in [1.54, 1.807) is 28.6 Å². The predicted octanol–water partition coefficient (Wildman–Crippen LogP) is 4.78. The molecule has 2 atom stereocenters. The van der Waals surface area contributed by atoms with Gasteiger partial charge < -0.3 is 9.84 Å². The Bertz CT molecular complexity index is 1060. The normalized spacial score (nSPS) is 26.4. The summed E-state index contributed by atoms with van der Waals surface area (Å²) in [6.45, 7) is 9.43. The number of hydrogen-bond donors (Lipinski definition) is 3. The van der Waals surface area contributed by atoms with Gasteiger partial charge in [0.2, 0.25) is 0 Å². The first-order valence-electron chi connectivity index (χ1n) is 11.6. The lowest BCUT2D eigenvalue weighted by molar-refractivity contribution is 0.100. The number of phenolic OH excluding ortho intramolecular Hbond substituents is 1. The zero-order valence-corrected chi connectivity index (χ0v) is 21.2. The number of piperidine rings is 1. The van der Waals surface area contributed by atoms with Crippen LogP contribution in [0.4, 0.5) is 10.1 Å². The summed E-state index contributed by atoms with van der Waals surface area (Å²) < 4.78 is 45.4. The average molecular weight is 495 g/mol. The minimum atomic E-state index is -3.28. The van der Waals surface area contributed by atoms with Gasteiger partial charge in [0, 0.05) is 38.8 Å². The SMILES string of the molecule is Cc1ncc(N2[C@@]3(CCN(Cc4ccc(O)c(OC(C)C)c4)[C@@H](C)C3)CN(C)S2(O)O)cc1F. The van der Waals surface area contributed by atoms with E-state index < -0.39 is 22.3 Å². The number of benzene rings is 1. The van der Waals surface area contributed by atoms with Gasteiger partial charge in [-0.25, -0.2) is 8.70 Å². The highest BCUT2D eigenvalue weighted by Gasteiger charge is 2.55. The molecule has 2 aliphatic heterocycles. The molecule has 0 bridgehead atoms. The number of rotatable bonds is 5. The fourth-order valence-electron chi connectivity index (χ4n) is 5.14. The standard InChI is InChI=1S/C24H35FN4O4S/c1-16(2)33-23-10-19(6-7-22(23)30)14-28-9-8-24(12-17(28)3)15-27(5)34(31,32)29(24)20-11-21(25)18(4)26-13-20/h6-7,10-11,13,16-17,30-32H,8-9,12,14-15H2,1-5H3/t17-,24+/m0/s1. The molecule has 3 N–H and O–H groups in total. The first-order chi connectivity index (χ1) is 15.9. The third-order valence-corrected chi connectivity index (χ3v) is 8.85. The number of likely N-dealkylation sites (N-methyl/N-ethyl adjacent to an activating group) is 1. The Morgan fingerprint density at radius 2 is 2.03 bits per heavy atom. The Balaban J connectivity index is 1.57. The molecule has 4 rings (SSSR count). The third kappa shape index (κ3) is 4.57. The Labute approximate surface area is 202 Å². The van der Waals surface area contributed by atoms with E-state index in [4.69, 9.17) is 4.74 Å². The fourth-order valence-corrected chi connectivity index (χ4v) is 6.96. The van der Waals surface area contributed by atoms with E-state index in [0.717, 1.165) is 12.1 Å². The molecule has 10 heteroatoms. The summed E-state index contributed by atoms with van der Waals surface area (Å²) in [6, 6.07) is 6.91. The monoisotopic (exact) mass is 494 g/mol. The highest BCUT2D eigenvalue weighted by atomic mass is 32.3. The minimum Gasteiger partial charge on any atom is -0.504 e. The highest BCUT2D eigenvalue weighted by Crippen LogP contribution is 2.61. The van der Waals surface area contributed by atoms with Gasteiger partial charge in [-0.2, -0.15) is 4.31 Å². The maximum Gasteiger partial charge on any atom is 0.161 e. The lowest BCUT2D eigenvalue weighted by atomic mass is 9.82. The number of likely N-dealkylation sites (tertiary alicyclic amines) is 1. The van der Waals surface area contributed by atoms with Gasteiger partial charge in [-0.1, -0.05) is 17.0 Å². The van der Waals surface area contributed by atoms with E-state index in [1.165, 1.54) is 12.3 Å². The quantitative estimate of drug-likeness (QED) is 0.547. The number of hydrogen-bond acceptors (Lipinski definition) is 8. The smallest absolute Gasteiger partial charge is 0.161 e. The molecular weight excluding hydrogens is 459 g/mol. The number of nitrogens with zero attached hydrogens (tertiary/aromatic N) is 4. The van der Waals surface area contributed by atoms with Gasteiger partial charge in [-0.15, -0.1) is 0 Å². The second kappa shape index (κ2) is 9.16. The average Bonchev–Trinajstić information content (AvgIpc) is 2.93. The molecule has 1 aromatic carbocycles. The van der Waals surface area contributed by atoms with E-state index in [-0.39, 0.29) is 23.6 Å². The predicted molar refractivity (Wildman–Crippen MR) is 133 cm³/mol. The molecule has 0 saturated carbocycles. The largest absolute Gasteiger partial charge is 0.504 e. The molecule has 1 spiro atoms. The van der Waals surface area contributed by atoms with Crippen molar-refractivity contribution in [3.05, 3.63) is 47.5 Å². The number of anilines is 1. The first-order valence-corrected chi connectivity index (χ1v) is 13.0. The number of halogens is 1. The van der Waals surface area contributed by atoms with E-state index >= 15 is 0 Å². The van der Waals surface area contributed by atoms with Crippen LogP contribution in [0.25, 0.3) is 0 Å². The van der Waals surface area contributed by atoms with E-state index in [2.05, 4.69) is 16.8 Å². The van der Waals surface area contributed by atoms with Crippen molar-refractivity contribution in [2.45, 2.75) is 64.8 Å². The minimum absolute atomic E-state index is 0.0407. The van der Waals surface area contributed by atoms with Crippen molar-refractivity contribution >= 4 is 16.6 Å². The number of aromatic nitrogens is 1. The number of aromatic hydroxyl groups is 1. The summed E-state index contributed by atoms with van der Waals surface area (Å²) in [4.78, 5) is 6.47. The van der Waals surface area contributed by atoms with Gasteiger partial charge in [0.25, 0.3) is 0 Å². The number of aryl methyl sites for hydroxylation is 1. The molecule has 0 amide bonds. The molecule has 188 valence electrons. The molecule has 34 heavy (non-hydrogen) atoms. The molecule has 0 radical (unpaired) electrons. The summed E-state index contributed by atoms with van der Waals surface area (Å²) in [5.41, 5.74) is 1.15. The molecule has 8 nitrogen and oxygen atoms in total. The van der Waals surface area contributed by atoms with Gasteiger partial charge in [0.15, 0.2) is 11.5 Å². The zero-order chi connectivity index (χ0) is 24.8. The second-order valence-corrected chi connectivity index (χ2v) is 11.8. The van der Waals surface area contributed by atoms with Crippen LogP contribution in [0.5, 0.6) is 11.5 Å². The maximum absolute atomic E-state index is 14.4. The lowest BCUT2D eigenvalue weighted by Crippen LogP contribution is -2.57. The molecule has 3 heterocycles. The summed E-state index contributed by atoms with van der Waals surface area (Å²) in [7, 11) is -1.59. The van der Waals surface area contributed by atoms with E-state index in [9.17, 15) is 18.6 Å². The lowest BCUT2D eigenvalue weighted by Gasteiger charge is -2.51. The van der Waals surface area contributed by atoms with Crippen molar-refractivity contribution in [3.8, 4) is 11.5 Å². The van der Waals surface area contributed by atoms with Crippen LogP contribution in [0.1, 0.15) is 44.9 Å². The summed E-state index contributed by atoms with van der Waals surface area (Å²) in [5, 5.41) is 10.1. The second-order valence-electron chi connectivity index (χ2n) is 9.80. The highest BCUT2D eigenvalue weighted by molar-refractivity contribution is 8.23. The molecule has 0 unspecified atom stereocenters. The summed E-state index contributed by atoms with van der Waals surface area (Å²) >= 11 is 0. The Hall–Kier alpha value is -2.11. The molecular formula is C24H35FN4O4S. The summed E-state index contributed by atoms with van der Waals surface area (Å²) in [5.74, 6) is 0.131. The van der Waals surface area contributed by atoms with Crippen molar-refractivity contribution in [2.75, 3.05) is 24.4 Å². The van der Waals surface area contributed by atoms with Gasteiger partial charge in [0.1, 0.15) is 5.82 Å². The van der Waals surface area contributed by atoms with Crippen LogP contribution in [0.2, 0.25) is 0 Å². The van der Waals surface area contributed by atoms with E-state index in [1.807, 2.05) is 26.0 Å². The van der Waals surface area contributed by atoms with E-state index in [0.29, 0.717) is 37.4 Å². The fraction of sp³-hybridized carbons (Fsp3) is 0.542. The van der Waals surface area contributed by atoms with Crippen molar-refractivity contribution in [2.24, 2.45) is 0 Å². The molecule has 2 fully saturated rings. The van der Waals surface area contributed by atoms with Crippen LogP contribution in [0.15, 0.2) is 30.5 Å². The van der Waals surface area contributed by atoms with Gasteiger partial charge in [-0.3, -0.25) is 19.0 Å². The van der Waals surface area contributed by atoms with Crippen LogP contribution in [0, 0.1) is 12.7 Å². The topological polar surface area (TPSA) is 92.5 Å². The molecule has 0 aliphatic carbocycles. The molecule has 2 aromatic rings. The van der Waals surface area contributed by atoms with Gasteiger partial charge >= 0.3 is 0 Å². The van der Waals surface area contributed by atoms with Gasteiger partial charge in [0.05, 0.1) is 29.2 Å².